The predicted molar refractivity (Wildman–Crippen MR) is 71.2 cm³/mol. The Kier molecular flexibility index (Phi) is 5.33. The first-order chi connectivity index (χ1) is 9.46. The molecule has 0 unspecified atom stereocenters. The van der Waals surface area contributed by atoms with Gasteiger partial charge in [-0.25, -0.2) is 4.79 Å². The fourth-order valence-electron chi connectivity index (χ4n) is 1.35. The van der Waals surface area contributed by atoms with Gasteiger partial charge in [-0.1, -0.05) is 17.7 Å². The van der Waals surface area contributed by atoms with E-state index in [1.807, 2.05) is 0 Å². The number of amides is 1. The second-order valence-corrected chi connectivity index (χ2v) is 5.58. The third kappa shape index (κ3) is 7.08. The molecule has 8 heteroatoms. The van der Waals surface area contributed by atoms with Crippen molar-refractivity contribution in [2.45, 2.75) is 39.3 Å². The van der Waals surface area contributed by atoms with Crippen molar-refractivity contribution in [2.24, 2.45) is 0 Å². The van der Waals surface area contributed by atoms with E-state index in [-0.39, 0.29) is 11.6 Å². The summed E-state index contributed by atoms with van der Waals surface area (Å²) in [6, 6.07) is 3.73. The SMILES string of the molecule is CC(C)(C)OC(=O)NCc1ccc(OC(F)(F)F)c(Cl)c1. The third-order valence-corrected chi connectivity index (χ3v) is 2.35. The first-order valence-corrected chi connectivity index (χ1v) is 6.35. The van der Waals surface area contributed by atoms with Crippen molar-refractivity contribution in [3.05, 3.63) is 28.8 Å². The zero-order chi connectivity index (χ0) is 16.3. The number of benzene rings is 1. The molecular weight excluding hydrogens is 311 g/mol. The first-order valence-electron chi connectivity index (χ1n) is 5.97. The van der Waals surface area contributed by atoms with Crippen LogP contribution in [-0.2, 0) is 11.3 Å². The van der Waals surface area contributed by atoms with E-state index in [1.54, 1.807) is 20.8 Å². The van der Waals surface area contributed by atoms with Gasteiger partial charge in [0.2, 0.25) is 0 Å². The molecule has 0 fully saturated rings. The van der Waals surface area contributed by atoms with Gasteiger partial charge < -0.3 is 14.8 Å². The molecule has 0 atom stereocenters. The molecule has 1 aromatic rings. The normalized spacial score (nSPS) is 12.0. The molecule has 0 saturated heterocycles. The summed E-state index contributed by atoms with van der Waals surface area (Å²) in [6.45, 7) is 5.22. The summed E-state index contributed by atoms with van der Waals surface area (Å²) < 4.78 is 45.0. The molecule has 1 rings (SSSR count). The smallest absolute Gasteiger partial charge is 0.444 e. The number of carbonyl (C=O) groups is 1. The van der Waals surface area contributed by atoms with E-state index in [4.69, 9.17) is 16.3 Å². The fourth-order valence-corrected chi connectivity index (χ4v) is 1.59. The highest BCUT2D eigenvalue weighted by atomic mass is 35.5. The first kappa shape index (κ1) is 17.4. The van der Waals surface area contributed by atoms with Crippen LogP contribution >= 0.6 is 11.6 Å². The van der Waals surface area contributed by atoms with Crippen molar-refractivity contribution in [1.29, 1.82) is 0 Å². The molecule has 0 aliphatic carbocycles. The van der Waals surface area contributed by atoms with Crippen molar-refractivity contribution in [1.82, 2.24) is 5.32 Å². The van der Waals surface area contributed by atoms with Crippen LogP contribution in [-0.4, -0.2) is 18.1 Å². The fraction of sp³-hybridized carbons (Fsp3) is 0.462. The molecule has 1 amide bonds. The number of nitrogens with one attached hydrogen (secondary N) is 1. The molecule has 21 heavy (non-hydrogen) atoms. The van der Waals surface area contributed by atoms with Gasteiger partial charge in [0.25, 0.3) is 0 Å². The molecule has 0 saturated carbocycles. The van der Waals surface area contributed by atoms with Gasteiger partial charge in [0, 0.05) is 6.54 Å². The second kappa shape index (κ2) is 6.43. The predicted octanol–water partition coefficient (Wildman–Crippen LogP) is 4.26. The monoisotopic (exact) mass is 325 g/mol. The summed E-state index contributed by atoms with van der Waals surface area (Å²) in [4.78, 5) is 11.4. The Balaban J connectivity index is 2.62. The minimum Gasteiger partial charge on any atom is -0.444 e. The summed E-state index contributed by atoms with van der Waals surface area (Å²) in [5, 5.41) is 2.27. The number of alkyl halides is 3. The maximum Gasteiger partial charge on any atom is 0.573 e. The number of alkyl carbamates (subject to hydrolysis) is 1. The van der Waals surface area contributed by atoms with Gasteiger partial charge in [-0.3, -0.25) is 0 Å². The maximum absolute atomic E-state index is 12.1. The van der Waals surface area contributed by atoms with Crippen LogP contribution in [0.3, 0.4) is 0 Å². The zero-order valence-electron chi connectivity index (χ0n) is 11.7. The summed E-state index contributed by atoms with van der Waals surface area (Å²) in [5.41, 5.74) is -0.119. The lowest BCUT2D eigenvalue weighted by Gasteiger charge is -2.19. The van der Waals surface area contributed by atoms with Crippen LogP contribution < -0.4 is 10.1 Å². The Hall–Kier alpha value is -1.63. The van der Waals surface area contributed by atoms with Crippen molar-refractivity contribution < 1.29 is 27.4 Å². The molecule has 4 nitrogen and oxygen atoms in total. The highest BCUT2D eigenvalue weighted by molar-refractivity contribution is 6.32. The number of hydrogen-bond donors (Lipinski definition) is 1. The van der Waals surface area contributed by atoms with E-state index in [9.17, 15) is 18.0 Å². The minimum atomic E-state index is -4.81. The van der Waals surface area contributed by atoms with Crippen molar-refractivity contribution in [2.75, 3.05) is 0 Å². The summed E-state index contributed by atoms with van der Waals surface area (Å²) in [5.74, 6) is -0.495. The molecular formula is C13H15ClF3NO3. The molecule has 0 heterocycles. The molecule has 1 aromatic carbocycles. The number of halogens is 4. The van der Waals surface area contributed by atoms with Crippen LogP contribution in [0.25, 0.3) is 0 Å². The van der Waals surface area contributed by atoms with Gasteiger partial charge in [-0.2, -0.15) is 0 Å². The van der Waals surface area contributed by atoms with E-state index in [1.165, 1.54) is 12.1 Å². The van der Waals surface area contributed by atoms with Crippen molar-refractivity contribution in [3.8, 4) is 5.75 Å². The Morgan fingerprint density at radius 2 is 1.90 bits per heavy atom. The van der Waals surface area contributed by atoms with E-state index in [0.29, 0.717) is 5.56 Å². The Morgan fingerprint density at radius 1 is 1.29 bits per heavy atom. The molecule has 0 spiro atoms. The van der Waals surface area contributed by atoms with Crippen LogP contribution in [0.1, 0.15) is 26.3 Å². The topological polar surface area (TPSA) is 47.6 Å². The van der Waals surface area contributed by atoms with Gasteiger partial charge in [-0.05, 0) is 38.5 Å². The minimum absolute atomic E-state index is 0.0704. The molecule has 0 aliphatic heterocycles. The van der Waals surface area contributed by atoms with Crippen LogP contribution in [0.15, 0.2) is 18.2 Å². The summed E-state index contributed by atoms with van der Waals surface area (Å²) in [7, 11) is 0. The average Bonchev–Trinajstić information content (AvgIpc) is 2.26. The van der Waals surface area contributed by atoms with Gasteiger partial charge in [0.05, 0.1) is 5.02 Å². The van der Waals surface area contributed by atoms with Crippen molar-refractivity contribution >= 4 is 17.7 Å². The maximum atomic E-state index is 12.1. The van der Waals surface area contributed by atoms with Crippen LogP contribution in [0.4, 0.5) is 18.0 Å². The Morgan fingerprint density at radius 3 is 2.38 bits per heavy atom. The van der Waals surface area contributed by atoms with E-state index in [2.05, 4.69) is 10.1 Å². The summed E-state index contributed by atoms with van der Waals surface area (Å²) >= 11 is 5.69. The molecule has 0 radical (unpaired) electrons. The van der Waals surface area contributed by atoms with Crippen molar-refractivity contribution in [3.63, 3.8) is 0 Å². The van der Waals surface area contributed by atoms with Crippen LogP contribution in [0.2, 0.25) is 5.02 Å². The van der Waals surface area contributed by atoms with Crippen LogP contribution in [0.5, 0.6) is 5.75 Å². The lowest BCUT2D eigenvalue weighted by atomic mass is 10.2. The quantitative estimate of drug-likeness (QED) is 0.903. The number of hydrogen-bond acceptors (Lipinski definition) is 3. The van der Waals surface area contributed by atoms with Crippen LogP contribution in [0, 0.1) is 0 Å². The molecule has 0 aliphatic rings. The zero-order valence-corrected chi connectivity index (χ0v) is 12.4. The molecule has 0 bridgehead atoms. The number of carbonyl (C=O) groups excluding carboxylic acids is 1. The van der Waals surface area contributed by atoms with E-state index < -0.39 is 23.8 Å². The van der Waals surface area contributed by atoms with Gasteiger partial charge >= 0.3 is 12.5 Å². The summed E-state index contributed by atoms with van der Waals surface area (Å²) in [6.07, 6.45) is -5.44. The third-order valence-electron chi connectivity index (χ3n) is 2.06. The largest absolute Gasteiger partial charge is 0.573 e. The van der Waals surface area contributed by atoms with Gasteiger partial charge in [0.15, 0.2) is 0 Å². The average molecular weight is 326 g/mol. The van der Waals surface area contributed by atoms with Gasteiger partial charge in [0.1, 0.15) is 11.4 Å². The second-order valence-electron chi connectivity index (χ2n) is 5.17. The van der Waals surface area contributed by atoms with Gasteiger partial charge in [-0.15, -0.1) is 13.2 Å². The Bertz CT molecular complexity index is 512. The standard InChI is InChI=1S/C13H15ClF3NO3/c1-12(2,3)21-11(19)18-7-8-4-5-10(9(14)6-8)20-13(15,16)17/h4-6H,7H2,1-3H3,(H,18,19). The lowest BCUT2D eigenvalue weighted by Crippen LogP contribution is -2.32. The molecule has 118 valence electrons. The highest BCUT2D eigenvalue weighted by Crippen LogP contribution is 2.30. The van der Waals surface area contributed by atoms with E-state index in [0.717, 1.165) is 6.07 Å². The lowest BCUT2D eigenvalue weighted by molar-refractivity contribution is -0.274. The number of ether oxygens (including phenoxy) is 2. The highest BCUT2D eigenvalue weighted by Gasteiger charge is 2.32. The van der Waals surface area contributed by atoms with E-state index >= 15 is 0 Å². The number of rotatable bonds is 3. The molecule has 0 aromatic heterocycles. The Labute approximate surface area is 125 Å². The molecule has 1 N–H and O–H groups in total.